The molecule has 176 valence electrons. The molecular formula is C26H17ClN6O2S. The highest BCUT2D eigenvalue weighted by molar-refractivity contribution is 7.21. The molecule has 0 bridgehead atoms. The third-order valence-electron chi connectivity index (χ3n) is 5.28. The molecule has 10 heteroatoms. The molecule has 2 aromatic carbocycles. The van der Waals surface area contributed by atoms with Crippen LogP contribution in [0.4, 0.5) is 5.13 Å². The summed E-state index contributed by atoms with van der Waals surface area (Å²) in [6, 6.07) is 15.2. The number of rotatable bonds is 5. The Hall–Kier alpha value is -4.39. The summed E-state index contributed by atoms with van der Waals surface area (Å²) in [5, 5.41) is 12.4. The number of benzene rings is 2. The molecule has 1 amide bonds. The zero-order valence-corrected chi connectivity index (χ0v) is 20.2. The lowest BCUT2D eigenvalue weighted by Gasteiger charge is -2.13. The van der Waals surface area contributed by atoms with Crippen molar-refractivity contribution in [2.75, 3.05) is 12.4 Å². The minimum Gasteiger partial charge on any atom is -0.496 e. The van der Waals surface area contributed by atoms with Gasteiger partial charge in [-0.05, 0) is 43.3 Å². The molecule has 5 aromatic rings. The van der Waals surface area contributed by atoms with Crippen LogP contribution >= 0.6 is 22.9 Å². The van der Waals surface area contributed by atoms with Crippen molar-refractivity contribution < 1.29 is 13.6 Å². The number of fused-ring (bicyclic) bond motifs is 1. The number of aryl methyl sites for hydroxylation is 1. The van der Waals surface area contributed by atoms with Gasteiger partial charge in [0.25, 0.3) is 5.91 Å². The quantitative estimate of drug-likeness (QED) is 0.309. The van der Waals surface area contributed by atoms with Gasteiger partial charge in [-0.25, -0.2) is 9.97 Å². The van der Waals surface area contributed by atoms with Gasteiger partial charge in [0.1, 0.15) is 5.75 Å². The van der Waals surface area contributed by atoms with Gasteiger partial charge in [-0.3, -0.25) is 15.1 Å². The zero-order chi connectivity index (χ0) is 27.7. The molecule has 0 unspecified atom stereocenters. The lowest BCUT2D eigenvalue weighted by atomic mass is 9.99. The number of methoxy groups -OCH3 is 1. The topological polar surface area (TPSA) is 114 Å². The van der Waals surface area contributed by atoms with E-state index in [4.69, 9.17) is 25.7 Å². The first-order valence-electron chi connectivity index (χ1n) is 12.0. The fourth-order valence-corrected chi connectivity index (χ4v) is 4.52. The van der Waals surface area contributed by atoms with Crippen LogP contribution in [-0.2, 0) is 0 Å². The molecular weight excluding hydrogens is 496 g/mol. The summed E-state index contributed by atoms with van der Waals surface area (Å²) in [7, 11) is -2.70. The molecule has 1 N–H and O–H groups in total. The van der Waals surface area contributed by atoms with Crippen LogP contribution in [-0.4, -0.2) is 32.9 Å². The van der Waals surface area contributed by atoms with E-state index in [0.717, 1.165) is 16.9 Å². The van der Waals surface area contributed by atoms with Crippen molar-refractivity contribution in [2.45, 2.75) is 6.92 Å². The van der Waals surface area contributed by atoms with Gasteiger partial charge in [-0.15, -0.1) is 0 Å². The van der Waals surface area contributed by atoms with Gasteiger partial charge >= 0.3 is 0 Å². The third-order valence-corrected chi connectivity index (χ3v) is 6.37. The molecule has 0 spiro atoms. The molecule has 36 heavy (non-hydrogen) atoms. The zero-order valence-electron chi connectivity index (χ0n) is 21.6. The molecule has 3 aromatic heterocycles. The van der Waals surface area contributed by atoms with Gasteiger partial charge in [0.2, 0.25) is 0 Å². The second-order valence-corrected chi connectivity index (χ2v) is 9.07. The van der Waals surface area contributed by atoms with Crippen molar-refractivity contribution in [2.24, 2.45) is 0 Å². The Balaban J connectivity index is 1.47. The molecule has 0 radical (unpaired) electrons. The predicted molar refractivity (Wildman–Crippen MR) is 139 cm³/mol. The van der Waals surface area contributed by atoms with Crippen LogP contribution in [0.3, 0.4) is 0 Å². The van der Waals surface area contributed by atoms with Crippen LogP contribution < -0.4 is 10.1 Å². The van der Waals surface area contributed by atoms with Gasteiger partial charge in [-0.2, -0.15) is 10.2 Å². The first kappa shape index (κ1) is 19.9. The van der Waals surface area contributed by atoms with Crippen molar-refractivity contribution >= 4 is 44.5 Å². The number of hydrogen-bond acceptors (Lipinski definition) is 8. The van der Waals surface area contributed by atoms with Gasteiger partial charge in [0.15, 0.2) is 15.6 Å². The number of nitriles is 1. The number of carbonyl (C=O) groups excluding carboxylic acids is 1. The summed E-state index contributed by atoms with van der Waals surface area (Å²) in [4.78, 5) is 31.5. The maximum atomic E-state index is 13.4. The molecule has 0 aliphatic carbocycles. The van der Waals surface area contributed by atoms with Gasteiger partial charge in [-0.1, -0.05) is 35.1 Å². The van der Waals surface area contributed by atoms with Crippen LogP contribution in [0.2, 0.25) is 5.02 Å². The number of thiazole rings is 1. The van der Waals surface area contributed by atoms with Crippen LogP contribution in [0.1, 0.15) is 25.7 Å². The molecule has 0 aliphatic rings. The Morgan fingerprint density at radius 2 is 1.94 bits per heavy atom. The monoisotopic (exact) mass is 515 g/mol. The summed E-state index contributed by atoms with van der Waals surface area (Å²) in [5.74, 6) is -0.480. The number of nitrogens with zero attached hydrogens (tertiary/aromatic N) is 5. The molecule has 8 nitrogen and oxygen atoms in total. The Morgan fingerprint density at radius 1 is 1.11 bits per heavy atom. The molecule has 5 rings (SSSR count). The fourth-order valence-electron chi connectivity index (χ4n) is 3.56. The predicted octanol–water partition coefficient (Wildman–Crippen LogP) is 5.91. The minimum absolute atomic E-state index is 0.0442. The summed E-state index contributed by atoms with van der Waals surface area (Å²) >= 11 is 7.35. The average Bonchev–Trinajstić information content (AvgIpc) is 3.30. The molecule has 3 heterocycles. The van der Waals surface area contributed by atoms with Crippen molar-refractivity contribution in [3.8, 4) is 34.2 Å². The Labute approximate surface area is 219 Å². The van der Waals surface area contributed by atoms with E-state index in [9.17, 15) is 4.79 Å². The van der Waals surface area contributed by atoms with Crippen LogP contribution in [0.15, 0.2) is 60.9 Å². The standard InChI is InChI=1S/C26H17ClN6O2S/c1-14-9-18(19-10-17(27)7-8-22(19)35-2)20(12-29-14)24(34)33-26-32-23-25(36-26)31-21(13-30-23)16-5-3-15(11-28)4-6-16/h3-10,12-13H,1-2H3,(H,30,32,33,34)/i2D3. The van der Waals surface area contributed by atoms with Crippen molar-refractivity contribution in [1.29, 1.82) is 5.26 Å². The molecule has 0 atom stereocenters. The third kappa shape index (κ3) is 4.60. The van der Waals surface area contributed by atoms with Crippen LogP contribution in [0.25, 0.3) is 32.9 Å². The Bertz CT molecular complexity index is 1770. The van der Waals surface area contributed by atoms with Crippen molar-refractivity contribution in [3.05, 3.63) is 82.8 Å². The number of aromatic nitrogens is 4. The van der Waals surface area contributed by atoms with Crippen molar-refractivity contribution in [3.63, 3.8) is 0 Å². The van der Waals surface area contributed by atoms with E-state index in [2.05, 4.69) is 31.3 Å². The highest BCUT2D eigenvalue weighted by Gasteiger charge is 2.19. The number of pyridine rings is 1. The molecule has 0 saturated heterocycles. The average molecular weight is 516 g/mol. The number of nitrogens with one attached hydrogen (secondary N) is 1. The number of ether oxygens (including phenoxy) is 1. The number of carbonyl (C=O) groups is 1. The van der Waals surface area contributed by atoms with Gasteiger partial charge < -0.3 is 4.74 Å². The van der Waals surface area contributed by atoms with E-state index >= 15 is 0 Å². The summed E-state index contributed by atoms with van der Waals surface area (Å²) < 4.78 is 27.7. The second-order valence-electron chi connectivity index (χ2n) is 7.66. The van der Waals surface area contributed by atoms with Gasteiger partial charge in [0, 0.05) is 33.6 Å². The first-order chi connectivity index (χ1) is 18.6. The van der Waals surface area contributed by atoms with Crippen LogP contribution in [0, 0.1) is 18.3 Å². The number of anilines is 1. The highest BCUT2D eigenvalue weighted by atomic mass is 35.5. The first-order valence-corrected chi connectivity index (χ1v) is 11.7. The molecule has 0 saturated carbocycles. The van der Waals surface area contributed by atoms with E-state index in [0.29, 0.717) is 43.6 Å². The number of amides is 1. The largest absolute Gasteiger partial charge is 0.496 e. The van der Waals surface area contributed by atoms with Gasteiger partial charge in [0.05, 0.1) is 40.2 Å². The second kappa shape index (κ2) is 9.70. The fraction of sp³-hybridized carbons (Fsp3) is 0.0769. The van der Waals surface area contributed by atoms with E-state index in [1.54, 1.807) is 43.5 Å². The van der Waals surface area contributed by atoms with E-state index in [1.807, 2.05) is 0 Å². The molecule has 0 aliphatic heterocycles. The number of hydrogen-bond donors (Lipinski definition) is 1. The minimum atomic E-state index is -2.70. The van der Waals surface area contributed by atoms with Crippen LogP contribution in [0.5, 0.6) is 5.75 Å². The highest BCUT2D eigenvalue weighted by Crippen LogP contribution is 2.35. The summed E-state index contributed by atoms with van der Waals surface area (Å²) in [6.45, 7) is 1.75. The lowest BCUT2D eigenvalue weighted by Crippen LogP contribution is -2.14. The van der Waals surface area contributed by atoms with E-state index in [1.165, 1.54) is 24.4 Å². The Morgan fingerprint density at radius 3 is 2.72 bits per heavy atom. The van der Waals surface area contributed by atoms with Crippen molar-refractivity contribution in [1.82, 2.24) is 19.9 Å². The normalized spacial score (nSPS) is 12.3. The Kier molecular flexibility index (Phi) is 5.35. The summed E-state index contributed by atoms with van der Waals surface area (Å²) in [6.07, 6.45) is 2.97. The molecule has 0 fully saturated rings. The van der Waals surface area contributed by atoms with E-state index < -0.39 is 12.9 Å². The lowest BCUT2D eigenvalue weighted by molar-refractivity contribution is 0.102. The van der Waals surface area contributed by atoms with E-state index in [-0.39, 0.29) is 16.4 Å². The SMILES string of the molecule is [2H]C([2H])([2H])Oc1ccc(Cl)cc1-c1cc(C)ncc1C(=O)Nc1nc2ncc(-c3ccc(C#N)cc3)nc2s1. The maximum Gasteiger partial charge on any atom is 0.259 e. The smallest absolute Gasteiger partial charge is 0.259 e. The maximum absolute atomic E-state index is 13.4. The summed E-state index contributed by atoms with van der Waals surface area (Å²) in [5.41, 5.74) is 3.77. The number of halogens is 1.